The van der Waals surface area contributed by atoms with Crippen molar-refractivity contribution in [2.75, 3.05) is 26.8 Å². The lowest BCUT2D eigenvalue weighted by Crippen LogP contribution is -2.55. The van der Waals surface area contributed by atoms with Gasteiger partial charge in [0.05, 0.1) is 23.2 Å². The molecular formula is C13H14BrFN2O3. The minimum Gasteiger partial charge on any atom is -0.377 e. The first-order valence-corrected chi connectivity index (χ1v) is 6.90. The summed E-state index contributed by atoms with van der Waals surface area (Å²) < 4.78 is 18.8. The number of amides is 2. The van der Waals surface area contributed by atoms with Gasteiger partial charge in [-0.3, -0.25) is 9.59 Å². The molecule has 1 atom stereocenters. The van der Waals surface area contributed by atoms with Crippen LogP contribution in [-0.2, 0) is 9.53 Å². The fourth-order valence-corrected chi connectivity index (χ4v) is 2.49. The molecule has 2 amide bonds. The number of morpholine rings is 1. The first-order valence-electron chi connectivity index (χ1n) is 6.10. The standard InChI is InChI=1S/C13H14BrFN2O3/c1-16-12(18)10-7-20-6-5-17(10)13(19)8-3-2-4-9(15)11(8)14/h2-4,10H,5-7H2,1H3,(H,16,18). The van der Waals surface area contributed by atoms with E-state index in [1.54, 1.807) is 0 Å². The summed E-state index contributed by atoms with van der Waals surface area (Å²) in [4.78, 5) is 25.7. The largest absolute Gasteiger partial charge is 0.377 e. The molecule has 5 nitrogen and oxygen atoms in total. The molecule has 0 radical (unpaired) electrons. The van der Waals surface area contributed by atoms with E-state index < -0.39 is 17.8 Å². The number of benzene rings is 1. The zero-order valence-corrected chi connectivity index (χ0v) is 12.4. The highest BCUT2D eigenvalue weighted by atomic mass is 79.9. The van der Waals surface area contributed by atoms with Crippen LogP contribution in [0.4, 0.5) is 4.39 Å². The predicted molar refractivity (Wildman–Crippen MR) is 73.8 cm³/mol. The molecule has 0 spiro atoms. The van der Waals surface area contributed by atoms with E-state index in [-0.39, 0.29) is 22.6 Å². The lowest BCUT2D eigenvalue weighted by atomic mass is 10.1. The summed E-state index contributed by atoms with van der Waals surface area (Å²) in [5.41, 5.74) is 0.195. The van der Waals surface area contributed by atoms with Crippen molar-refractivity contribution in [3.8, 4) is 0 Å². The van der Waals surface area contributed by atoms with Crippen molar-refractivity contribution in [2.45, 2.75) is 6.04 Å². The van der Waals surface area contributed by atoms with Gasteiger partial charge in [-0.2, -0.15) is 0 Å². The molecule has 1 aromatic carbocycles. The average Bonchev–Trinajstić information content (AvgIpc) is 2.48. The Kier molecular flexibility index (Phi) is 4.72. The Morgan fingerprint density at radius 2 is 2.25 bits per heavy atom. The minimum absolute atomic E-state index is 0.104. The number of nitrogens with zero attached hydrogens (tertiary/aromatic N) is 1. The van der Waals surface area contributed by atoms with Crippen molar-refractivity contribution in [2.24, 2.45) is 0 Å². The van der Waals surface area contributed by atoms with Gasteiger partial charge < -0.3 is 15.0 Å². The summed E-state index contributed by atoms with van der Waals surface area (Å²) >= 11 is 3.07. The molecule has 1 fully saturated rings. The number of nitrogens with one attached hydrogen (secondary N) is 1. The van der Waals surface area contributed by atoms with Gasteiger partial charge >= 0.3 is 0 Å². The molecule has 0 aromatic heterocycles. The third-order valence-electron chi connectivity index (χ3n) is 3.12. The van der Waals surface area contributed by atoms with E-state index in [4.69, 9.17) is 4.74 Å². The van der Waals surface area contributed by atoms with Crippen LogP contribution >= 0.6 is 15.9 Å². The fourth-order valence-electron chi connectivity index (χ4n) is 2.05. The molecule has 7 heteroatoms. The predicted octanol–water partition coefficient (Wildman–Crippen LogP) is 1.18. The Bertz CT molecular complexity index is 538. The molecule has 2 rings (SSSR count). The number of hydrogen-bond donors (Lipinski definition) is 1. The van der Waals surface area contributed by atoms with Crippen molar-refractivity contribution in [3.63, 3.8) is 0 Å². The van der Waals surface area contributed by atoms with Gasteiger partial charge in [-0.1, -0.05) is 6.07 Å². The zero-order valence-electron chi connectivity index (χ0n) is 10.9. The molecule has 1 aliphatic heterocycles. The first kappa shape index (κ1) is 14.9. The Labute approximate surface area is 124 Å². The van der Waals surface area contributed by atoms with Gasteiger partial charge in [0.2, 0.25) is 5.91 Å². The number of likely N-dealkylation sites (N-methyl/N-ethyl adjacent to an activating group) is 1. The second-order valence-electron chi connectivity index (χ2n) is 4.30. The van der Waals surface area contributed by atoms with Crippen molar-refractivity contribution < 1.29 is 18.7 Å². The normalized spacial score (nSPS) is 18.8. The monoisotopic (exact) mass is 344 g/mol. The molecule has 1 saturated heterocycles. The van der Waals surface area contributed by atoms with Crippen LogP contribution in [0.15, 0.2) is 22.7 Å². The zero-order chi connectivity index (χ0) is 14.7. The summed E-state index contributed by atoms with van der Waals surface area (Å²) in [6, 6.07) is 3.54. The van der Waals surface area contributed by atoms with Crippen molar-refractivity contribution in [3.05, 3.63) is 34.1 Å². The van der Waals surface area contributed by atoms with Crippen LogP contribution in [0.1, 0.15) is 10.4 Å². The Balaban J connectivity index is 2.30. The second kappa shape index (κ2) is 6.32. The van der Waals surface area contributed by atoms with Crippen LogP contribution in [0.5, 0.6) is 0 Å². The van der Waals surface area contributed by atoms with Crippen molar-refractivity contribution in [1.29, 1.82) is 0 Å². The Morgan fingerprint density at radius 3 is 2.95 bits per heavy atom. The van der Waals surface area contributed by atoms with Gasteiger partial charge in [0.1, 0.15) is 11.9 Å². The van der Waals surface area contributed by atoms with E-state index in [1.165, 1.54) is 30.1 Å². The molecule has 108 valence electrons. The quantitative estimate of drug-likeness (QED) is 0.876. The van der Waals surface area contributed by atoms with Gasteiger partial charge in [-0.25, -0.2) is 4.39 Å². The number of rotatable bonds is 2. The second-order valence-corrected chi connectivity index (χ2v) is 5.10. The van der Waals surface area contributed by atoms with E-state index in [1.807, 2.05) is 0 Å². The van der Waals surface area contributed by atoms with Crippen LogP contribution in [0.3, 0.4) is 0 Å². The summed E-state index contributed by atoms with van der Waals surface area (Å²) in [6.45, 7) is 0.782. The molecule has 1 N–H and O–H groups in total. The van der Waals surface area contributed by atoms with Crippen LogP contribution in [0, 0.1) is 5.82 Å². The van der Waals surface area contributed by atoms with E-state index in [0.717, 1.165) is 0 Å². The van der Waals surface area contributed by atoms with Crippen LogP contribution < -0.4 is 5.32 Å². The summed E-state index contributed by atoms with van der Waals surface area (Å²) in [5.74, 6) is -1.21. The summed E-state index contributed by atoms with van der Waals surface area (Å²) in [5, 5.41) is 2.50. The third kappa shape index (κ3) is 2.83. The van der Waals surface area contributed by atoms with E-state index in [0.29, 0.717) is 13.2 Å². The van der Waals surface area contributed by atoms with Gasteiger partial charge in [-0.05, 0) is 28.1 Å². The van der Waals surface area contributed by atoms with E-state index in [9.17, 15) is 14.0 Å². The summed E-state index contributed by atoms with van der Waals surface area (Å²) in [7, 11) is 1.50. The molecule has 0 saturated carbocycles. The lowest BCUT2D eigenvalue weighted by molar-refractivity contribution is -0.130. The molecule has 20 heavy (non-hydrogen) atoms. The highest BCUT2D eigenvalue weighted by molar-refractivity contribution is 9.10. The number of halogens is 2. The van der Waals surface area contributed by atoms with E-state index in [2.05, 4.69) is 21.2 Å². The summed E-state index contributed by atoms with van der Waals surface area (Å²) in [6.07, 6.45) is 0. The van der Waals surface area contributed by atoms with Gasteiger partial charge in [-0.15, -0.1) is 0 Å². The highest BCUT2D eigenvalue weighted by Gasteiger charge is 2.33. The van der Waals surface area contributed by atoms with Crippen molar-refractivity contribution >= 4 is 27.7 Å². The maximum atomic E-state index is 13.5. The number of carbonyl (C=O) groups excluding carboxylic acids is 2. The number of carbonyl (C=O) groups is 2. The molecular weight excluding hydrogens is 331 g/mol. The molecule has 1 aliphatic rings. The van der Waals surface area contributed by atoms with Gasteiger partial charge in [0, 0.05) is 13.6 Å². The topological polar surface area (TPSA) is 58.6 Å². The van der Waals surface area contributed by atoms with Crippen LogP contribution in [0.25, 0.3) is 0 Å². The van der Waals surface area contributed by atoms with Crippen LogP contribution in [0.2, 0.25) is 0 Å². The molecule has 0 aliphatic carbocycles. The molecule has 1 aromatic rings. The lowest BCUT2D eigenvalue weighted by Gasteiger charge is -2.34. The number of ether oxygens (including phenoxy) is 1. The SMILES string of the molecule is CNC(=O)C1COCCN1C(=O)c1cccc(F)c1Br. The minimum atomic E-state index is -0.698. The number of hydrogen-bond acceptors (Lipinski definition) is 3. The molecule has 0 bridgehead atoms. The van der Waals surface area contributed by atoms with E-state index >= 15 is 0 Å². The van der Waals surface area contributed by atoms with Crippen molar-refractivity contribution in [1.82, 2.24) is 10.2 Å². The highest BCUT2D eigenvalue weighted by Crippen LogP contribution is 2.23. The Morgan fingerprint density at radius 1 is 1.50 bits per heavy atom. The smallest absolute Gasteiger partial charge is 0.255 e. The Hall–Kier alpha value is -1.47. The van der Waals surface area contributed by atoms with Gasteiger partial charge in [0.15, 0.2) is 0 Å². The maximum absolute atomic E-state index is 13.5. The molecule has 1 heterocycles. The third-order valence-corrected chi connectivity index (χ3v) is 3.93. The average molecular weight is 345 g/mol. The molecule has 1 unspecified atom stereocenters. The fraction of sp³-hybridized carbons (Fsp3) is 0.385. The van der Waals surface area contributed by atoms with Gasteiger partial charge in [0.25, 0.3) is 5.91 Å². The first-order chi connectivity index (χ1) is 9.56. The van der Waals surface area contributed by atoms with Crippen LogP contribution in [-0.4, -0.2) is 49.6 Å². The maximum Gasteiger partial charge on any atom is 0.255 e.